The summed E-state index contributed by atoms with van der Waals surface area (Å²) in [7, 11) is 1.39. The van der Waals surface area contributed by atoms with Gasteiger partial charge >= 0.3 is 12.6 Å². The Bertz CT molecular complexity index is 1370. The van der Waals surface area contributed by atoms with Gasteiger partial charge in [-0.25, -0.2) is 0 Å². The van der Waals surface area contributed by atoms with Crippen molar-refractivity contribution in [2.24, 2.45) is 4.99 Å². The molecule has 0 bridgehead atoms. The average molecular weight is 597 g/mol. The first kappa shape index (κ1) is 30.4. The average Bonchev–Trinajstić information content (AvgIpc) is 2.95. The van der Waals surface area contributed by atoms with E-state index in [1.807, 2.05) is 4.90 Å². The van der Waals surface area contributed by atoms with E-state index in [9.17, 15) is 18.4 Å². The molecule has 0 aromatic heterocycles. The molecule has 2 aliphatic heterocycles. The highest BCUT2D eigenvalue weighted by molar-refractivity contribution is 6.15. The topological polar surface area (TPSA) is 113 Å². The zero-order valence-corrected chi connectivity index (χ0v) is 24.5. The Balaban J connectivity index is 1.41. The van der Waals surface area contributed by atoms with Crippen LogP contribution in [0.15, 0.2) is 41.4 Å². The van der Waals surface area contributed by atoms with Crippen molar-refractivity contribution >= 4 is 23.5 Å². The van der Waals surface area contributed by atoms with Crippen LogP contribution in [0.1, 0.15) is 91.3 Å². The molecule has 3 aliphatic rings. The number of rotatable bonds is 6. The van der Waals surface area contributed by atoms with Crippen LogP contribution >= 0.6 is 0 Å². The fraction of sp³-hybridized carbons (Fsp3) is 0.500. The third-order valence-corrected chi connectivity index (χ3v) is 8.42. The number of halogens is 2. The Labute approximate surface area is 250 Å². The van der Waals surface area contributed by atoms with Crippen LogP contribution in [0.5, 0.6) is 11.5 Å². The van der Waals surface area contributed by atoms with E-state index < -0.39 is 6.61 Å². The second-order valence-electron chi connectivity index (χ2n) is 11.3. The number of fused-ring (bicyclic) bond motifs is 3. The lowest BCUT2D eigenvalue weighted by molar-refractivity contribution is -0.148. The molecule has 2 N–H and O–H groups in total. The van der Waals surface area contributed by atoms with Crippen LogP contribution < -0.4 is 14.8 Å². The number of carbonyl (C=O) groups is 2. The fourth-order valence-electron chi connectivity index (χ4n) is 6.36. The number of hydrogen-bond acceptors (Lipinski definition) is 7. The number of ether oxygens (including phenoxy) is 3. The van der Waals surface area contributed by atoms with Crippen molar-refractivity contribution in [1.29, 1.82) is 5.41 Å². The molecular weight excluding hydrogens is 558 g/mol. The van der Waals surface area contributed by atoms with Gasteiger partial charge in [0.25, 0.3) is 5.91 Å². The zero-order valence-electron chi connectivity index (χ0n) is 24.5. The van der Waals surface area contributed by atoms with Crippen molar-refractivity contribution in [3.63, 3.8) is 0 Å². The number of esters is 1. The van der Waals surface area contributed by atoms with Gasteiger partial charge in [0.05, 0.1) is 18.9 Å². The number of amides is 1. The van der Waals surface area contributed by atoms with Crippen molar-refractivity contribution in [3.8, 4) is 11.5 Å². The largest absolute Gasteiger partial charge is 0.493 e. The second kappa shape index (κ2) is 13.5. The summed E-state index contributed by atoms with van der Waals surface area (Å²) in [6.07, 6.45) is 7.00. The standard InChI is InChI=1S/C32H38F2N4O5/c1-19(39)42-22-12-13-26-24(16-22)23-17-28(43-31(33)34)27(41-2)18-25(23)29(36-26)20-8-10-21(11-9-20)30(40)37-32(35)38-14-6-4-3-5-7-15-38/h8-11,17-18,22,24,26,31H,3-7,12-16H2,1-2H3,(H2,35,37,40). The Morgan fingerprint density at radius 3 is 2.37 bits per heavy atom. The first-order chi connectivity index (χ1) is 20.7. The molecule has 0 spiro atoms. The molecule has 5 rings (SSSR count). The maximum absolute atomic E-state index is 13.3. The zero-order chi connectivity index (χ0) is 30.5. The van der Waals surface area contributed by atoms with Gasteiger partial charge in [0.2, 0.25) is 0 Å². The summed E-state index contributed by atoms with van der Waals surface area (Å²) in [6, 6.07) is 10.1. The highest BCUT2D eigenvalue weighted by Gasteiger charge is 2.39. The minimum absolute atomic E-state index is 0.0691. The van der Waals surface area contributed by atoms with Gasteiger partial charge < -0.3 is 19.1 Å². The summed E-state index contributed by atoms with van der Waals surface area (Å²) in [4.78, 5) is 31.7. The monoisotopic (exact) mass is 596 g/mol. The molecule has 11 heteroatoms. The number of nitrogens with zero attached hydrogens (tertiary/aromatic N) is 2. The quantitative estimate of drug-likeness (QED) is 0.253. The minimum Gasteiger partial charge on any atom is -0.493 e. The summed E-state index contributed by atoms with van der Waals surface area (Å²) in [5.41, 5.74) is 3.30. The summed E-state index contributed by atoms with van der Waals surface area (Å²) in [5, 5.41) is 11.2. The smallest absolute Gasteiger partial charge is 0.387 e. The van der Waals surface area contributed by atoms with Crippen LogP contribution in [0, 0.1) is 5.41 Å². The molecule has 2 fully saturated rings. The van der Waals surface area contributed by atoms with Crippen LogP contribution in [0.2, 0.25) is 0 Å². The first-order valence-corrected chi connectivity index (χ1v) is 14.9. The lowest BCUT2D eigenvalue weighted by Crippen LogP contribution is -2.44. The van der Waals surface area contributed by atoms with Crippen LogP contribution in [-0.2, 0) is 9.53 Å². The molecule has 1 saturated carbocycles. The van der Waals surface area contributed by atoms with E-state index in [-0.39, 0.29) is 47.4 Å². The molecule has 2 aromatic carbocycles. The van der Waals surface area contributed by atoms with Crippen LogP contribution in [0.4, 0.5) is 8.78 Å². The van der Waals surface area contributed by atoms with Gasteiger partial charge in [-0.1, -0.05) is 31.4 Å². The first-order valence-electron chi connectivity index (χ1n) is 14.9. The van der Waals surface area contributed by atoms with Crippen LogP contribution in [-0.4, -0.2) is 67.4 Å². The number of benzene rings is 2. The highest BCUT2D eigenvalue weighted by Crippen LogP contribution is 2.45. The minimum atomic E-state index is -3.02. The highest BCUT2D eigenvalue weighted by atomic mass is 19.3. The number of alkyl halides is 2. The predicted molar refractivity (Wildman–Crippen MR) is 157 cm³/mol. The summed E-state index contributed by atoms with van der Waals surface area (Å²) < 4.78 is 42.2. The van der Waals surface area contributed by atoms with Crippen molar-refractivity contribution < 1.29 is 32.6 Å². The molecule has 2 heterocycles. The van der Waals surface area contributed by atoms with Gasteiger partial charge in [0.15, 0.2) is 17.5 Å². The Morgan fingerprint density at radius 1 is 1.02 bits per heavy atom. The summed E-state index contributed by atoms with van der Waals surface area (Å²) in [6.45, 7) is -0.133. The molecule has 3 atom stereocenters. The number of likely N-dealkylation sites (tertiary alicyclic amines) is 1. The van der Waals surface area contributed by atoms with Crippen molar-refractivity contribution in [2.45, 2.75) is 83.0 Å². The lowest BCUT2D eigenvalue weighted by atomic mass is 9.74. The fourth-order valence-corrected chi connectivity index (χ4v) is 6.36. The van der Waals surface area contributed by atoms with Crippen molar-refractivity contribution in [1.82, 2.24) is 10.2 Å². The SMILES string of the molecule is COc1cc2c(cc1OC(F)F)C1CC(OC(C)=O)CCC1N=C2c1ccc(C(=O)NC(=N)N2CCCCCCC2)cc1. The Morgan fingerprint density at radius 2 is 1.72 bits per heavy atom. The Hall–Kier alpha value is -4.02. The number of methoxy groups -OCH3 is 1. The molecule has 3 unspecified atom stereocenters. The van der Waals surface area contributed by atoms with E-state index >= 15 is 0 Å². The van der Waals surface area contributed by atoms with E-state index in [0.29, 0.717) is 36.1 Å². The molecule has 1 aliphatic carbocycles. The number of nitrogens with one attached hydrogen (secondary N) is 2. The summed E-state index contributed by atoms with van der Waals surface area (Å²) in [5.74, 6) is -0.685. The van der Waals surface area contributed by atoms with E-state index in [2.05, 4.69) is 5.32 Å². The van der Waals surface area contributed by atoms with Gasteiger partial charge in [0, 0.05) is 42.6 Å². The molecule has 230 valence electrons. The number of carbonyl (C=O) groups excluding carboxylic acids is 2. The summed E-state index contributed by atoms with van der Waals surface area (Å²) >= 11 is 0. The maximum Gasteiger partial charge on any atom is 0.387 e. The van der Waals surface area contributed by atoms with Crippen molar-refractivity contribution in [2.75, 3.05) is 20.2 Å². The number of hydrogen-bond donors (Lipinski definition) is 2. The molecule has 1 amide bonds. The van der Waals surface area contributed by atoms with Crippen LogP contribution in [0.25, 0.3) is 0 Å². The third-order valence-electron chi connectivity index (χ3n) is 8.42. The van der Waals surface area contributed by atoms with Crippen LogP contribution in [0.3, 0.4) is 0 Å². The van der Waals surface area contributed by atoms with Gasteiger partial charge in [-0.15, -0.1) is 0 Å². The molecule has 9 nitrogen and oxygen atoms in total. The van der Waals surface area contributed by atoms with E-state index in [1.165, 1.54) is 20.5 Å². The maximum atomic E-state index is 13.3. The van der Waals surface area contributed by atoms with Crippen molar-refractivity contribution in [3.05, 3.63) is 58.7 Å². The van der Waals surface area contributed by atoms with E-state index in [1.54, 1.807) is 36.4 Å². The second-order valence-corrected chi connectivity index (χ2v) is 11.3. The van der Waals surface area contributed by atoms with Gasteiger partial charge in [0.1, 0.15) is 6.10 Å². The van der Waals surface area contributed by atoms with Gasteiger partial charge in [-0.3, -0.25) is 25.3 Å². The molecule has 0 radical (unpaired) electrons. The normalized spacial score (nSPS) is 21.8. The van der Waals surface area contributed by atoms with E-state index in [4.69, 9.17) is 24.6 Å². The number of aliphatic imine (C=N–C) groups is 1. The van der Waals surface area contributed by atoms with E-state index in [0.717, 1.165) is 49.9 Å². The van der Waals surface area contributed by atoms with Gasteiger partial charge in [-0.05, 0) is 61.9 Å². The number of guanidine groups is 1. The lowest BCUT2D eigenvalue weighted by Gasteiger charge is -2.38. The van der Waals surface area contributed by atoms with Gasteiger partial charge in [-0.2, -0.15) is 8.78 Å². The molecule has 43 heavy (non-hydrogen) atoms. The Kier molecular flexibility index (Phi) is 9.57. The molecular formula is C32H38F2N4O5. The predicted octanol–water partition coefficient (Wildman–Crippen LogP) is 5.65. The third kappa shape index (κ3) is 7.14. The molecule has 1 saturated heterocycles. The molecule has 2 aromatic rings.